The third-order valence-corrected chi connectivity index (χ3v) is 4.28. The standard InChI is InChI=1S/C12H18BrN3O/c1-3-8-11(13)9(16(4-2)15-8)7-10(17)12(14)5-6-12/h3-7,14H2,1-2H3. The van der Waals surface area contributed by atoms with Crippen LogP contribution in [0.3, 0.4) is 0 Å². The molecule has 5 heteroatoms. The summed E-state index contributed by atoms with van der Waals surface area (Å²) in [6, 6.07) is 0. The lowest BCUT2D eigenvalue weighted by atomic mass is 10.1. The van der Waals surface area contributed by atoms with Gasteiger partial charge in [0.05, 0.1) is 27.8 Å². The SMILES string of the molecule is CCc1nn(CC)c(CC(=O)C2(N)CC2)c1Br. The molecular formula is C12H18BrN3O. The molecule has 0 unspecified atom stereocenters. The predicted molar refractivity (Wildman–Crippen MR) is 69.8 cm³/mol. The van der Waals surface area contributed by atoms with E-state index in [0.717, 1.165) is 41.7 Å². The molecule has 0 aliphatic heterocycles. The smallest absolute Gasteiger partial charge is 0.158 e. The molecular weight excluding hydrogens is 282 g/mol. The monoisotopic (exact) mass is 299 g/mol. The molecule has 1 saturated carbocycles. The van der Waals surface area contributed by atoms with Gasteiger partial charge in [-0.25, -0.2) is 0 Å². The van der Waals surface area contributed by atoms with Crippen molar-refractivity contribution in [3.05, 3.63) is 15.9 Å². The first kappa shape index (κ1) is 12.8. The fourth-order valence-electron chi connectivity index (χ4n) is 1.93. The Morgan fingerprint density at radius 2 is 2.18 bits per heavy atom. The predicted octanol–water partition coefficient (Wildman–Crippen LogP) is 1.83. The molecule has 0 atom stereocenters. The third-order valence-electron chi connectivity index (χ3n) is 3.37. The lowest BCUT2D eigenvalue weighted by Gasteiger charge is -2.09. The Morgan fingerprint density at radius 1 is 1.53 bits per heavy atom. The minimum atomic E-state index is -0.547. The Morgan fingerprint density at radius 3 is 2.65 bits per heavy atom. The van der Waals surface area contributed by atoms with Crippen molar-refractivity contribution in [1.29, 1.82) is 0 Å². The van der Waals surface area contributed by atoms with Gasteiger partial charge in [-0.3, -0.25) is 9.48 Å². The van der Waals surface area contributed by atoms with E-state index in [9.17, 15) is 4.79 Å². The number of carbonyl (C=O) groups excluding carboxylic acids is 1. The van der Waals surface area contributed by atoms with Gasteiger partial charge in [0.15, 0.2) is 5.78 Å². The highest BCUT2D eigenvalue weighted by atomic mass is 79.9. The highest BCUT2D eigenvalue weighted by Gasteiger charge is 2.45. The summed E-state index contributed by atoms with van der Waals surface area (Å²) >= 11 is 3.54. The molecule has 17 heavy (non-hydrogen) atoms. The highest BCUT2D eigenvalue weighted by Crippen LogP contribution is 2.35. The lowest BCUT2D eigenvalue weighted by molar-refractivity contribution is -0.120. The van der Waals surface area contributed by atoms with E-state index in [-0.39, 0.29) is 5.78 Å². The number of aryl methyl sites for hydroxylation is 2. The molecule has 0 bridgehead atoms. The number of aromatic nitrogens is 2. The van der Waals surface area contributed by atoms with Gasteiger partial charge in [-0.05, 0) is 42.1 Å². The number of hydrogen-bond donors (Lipinski definition) is 1. The number of hydrogen-bond acceptors (Lipinski definition) is 3. The minimum Gasteiger partial charge on any atom is -0.319 e. The van der Waals surface area contributed by atoms with Crippen LogP contribution in [0.4, 0.5) is 0 Å². The van der Waals surface area contributed by atoms with Crippen molar-refractivity contribution >= 4 is 21.7 Å². The van der Waals surface area contributed by atoms with Crippen LogP contribution in [0.5, 0.6) is 0 Å². The van der Waals surface area contributed by atoms with Crippen LogP contribution in [0.25, 0.3) is 0 Å². The van der Waals surface area contributed by atoms with Gasteiger partial charge in [0, 0.05) is 6.54 Å². The number of halogens is 1. The normalized spacial score (nSPS) is 17.2. The quantitative estimate of drug-likeness (QED) is 0.902. The van der Waals surface area contributed by atoms with Crippen LogP contribution in [0.2, 0.25) is 0 Å². The average Bonchev–Trinajstić information content (AvgIpc) is 2.99. The van der Waals surface area contributed by atoms with Crippen molar-refractivity contribution in [1.82, 2.24) is 9.78 Å². The summed E-state index contributed by atoms with van der Waals surface area (Å²) < 4.78 is 2.87. The molecule has 0 amide bonds. The van der Waals surface area contributed by atoms with Gasteiger partial charge < -0.3 is 5.73 Å². The van der Waals surface area contributed by atoms with Crippen LogP contribution < -0.4 is 5.73 Å². The number of nitrogens with zero attached hydrogens (tertiary/aromatic N) is 2. The van der Waals surface area contributed by atoms with Crippen molar-refractivity contribution in [2.75, 3.05) is 0 Å². The third kappa shape index (κ3) is 2.31. The molecule has 1 aromatic rings. The largest absolute Gasteiger partial charge is 0.319 e. The van der Waals surface area contributed by atoms with Gasteiger partial charge in [-0.2, -0.15) is 5.10 Å². The topological polar surface area (TPSA) is 60.9 Å². The van der Waals surface area contributed by atoms with E-state index in [1.165, 1.54) is 0 Å². The number of ketones is 1. The van der Waals surface area contributed by atoms with Gasteiger partial charge in [-0.15, -0.1) is 0 Å². The Hall–Kier alpha value is -0.680. The second kappa shape index (κ2) is 4.53. The first-order valence-corrected chi connectivity index (χ1v) is 6.87. The van der Waals surface area contributed by atoms with Crippen molar-refractivity contribution < 1.29 is 4.79 Å². The molecule has 0 radical (unpaired) electrons. The molecule has 2 N–H and O–H groups in total. The molecule has 1 heterocycles. The first-order valence-electron chi connectivity index (χ1n) is 6.08. The van der Waals surface area contributed by atoms with Crippen molar-refractivity contribution in [3.8, 4) is 0 Å². The second-order valence-electron chi connectivity index (χ2n) is 4.63. The average molecular weight is 300 g/mol. The van der Waals surface area contributed by atoms with Crippen molar-refractivity contribution in [3.63, 3.8) is 0 Å². The van der Waals surface area contributed by atoms with E-state index in [1.807, 2.05) is 11.6 Å². The maximum absolute atomic E-state index is 12.0. The zero-order chi connectivity index (χ0) is 12.6. The Balaban J connectivity index is 2.25. The fraction of sp³-hybridized carbons (Fsp3) is 0.667. The summed E-state index contributed by atoms with van der Waals surface area (Å²) in [6.07, 6.45) is 2.90. The maximum atomic E-state index is 12.0. The van der Waals surface area contributed by atoms with Crippen LogP contribution >= 0.6 is 15.9 Å². The molecule has 1 aliphatic carbocycles. The number of rotatable bonds is 5. The molecule has 1 fully saturated rings. The Kier molecular flexibility index (Phi) is 3.41. The lowest BCUT2D eigenvalue weighted by Crippen LogP contribution is -2.34. The van der Waals surface area contributed by atoms with E-state index in [1.54, 1.807) is 0 Å². The fourth-order valence-corrected chi connectivity index (χ4v) is 2.63. The molecule has 94 valence electrons. The Bertz CT molecular complexity index is 449. The summed E-state index contributed by atoms with van der Waals surface area (Å²) in [5.41, 5.74) is 7.35. The molecule has 0 spiro atoms. The van der Waals surface area contributed by atoms with E-state index in [4.69, 9.17) is 5.73 Å². The van der Waals surface area contributed by atoms with Crippen molar-refractivity contribution in [2.45, 2.75) is 51.6 Å². The minimum absolute atomic E-state index is 0.135. The van der Waals surface area contributed by atoms with Crippen LogP contribution in [0.15, 0.2) is 4.47 Å². The molecule has 0 aromatic carbocycles. The summed E-state index contributed by atoms with van der Waals surface area (Å²) in [5, 5.41) is 4.48. The van der Waals surface area contributed by atoms with Gasteiger partial charge in [0.25, 0.3) is 0 Å². The molecule has 0 saturated heterocycles. The van der Waals surface area contributed by atoms with Crippen LogP contribution in [-0.2, 0) is 24.2 Å². The van der Waals surface area contributed by atoms with Gasteiger partial charge >= 0.3 is 0 Å². The van der Waals surface area contributed by atoms with E-state index in [0.29, 0.717) is 6.42 Å². The van der Waals surface area contributed by atoms with Gasteiger partial charge in [-0.1, -0.05) is 6.92 Å². The zero-order valence-corrected chi connectivity index (χ0v) is 11.9. The molecule has 2 rings (SSSR count). The summed E-state index contributed by atoms with van der Waals surface area (Å²) in [4.78, 5) is 12.0. The summed E-state index contributed by atoms with van der Waals surface area (Å²) in [6.45, 7) is 4.87. The molecule has 4 nitrogen and oxygen atoms in total. The van der Waals surface area contributed by atoms with E-state index >= 15 is 0 Å². The van der Waals surface area contributed by atoms with Gasteiger partial charge in [0.1, 0.15) is 0 Å². The van der Waals surface area contributed by atoms with Crippen molar-refractivity contribution in [2.24, 2.45) is 5.73 Å². The maximum Gasteiger partial charge on any atom is 0.158 e. The van der Waals surface area contributed by atoms with Crippen LogP contribution in [-0.4, -0.2) is 21.1 Å². The summed E-state index contributed by atoms with van der Waals surface area (Å²) in [7, 11) is 0. The van der Waals surface area contributed by atoms with Gasteiger partial charge in [0.2, 0.25) is 0 Å². The first-order chi connectivity index (χ1) is 8.01. The van der Waals surface area contributed by atoms with Crippen LogP contribution in [0, 0.1) is 0 Å². The number of nitrogens with two attached hydrogens (primary N) is 1. The zero-order valence-electron chi connectivity index (χ0n) is 10.3. The highest BCUT2D eigenvalue weighted by molar-refractivity contribution is 9.10. The van der Waals surface area contributed by atoms with Crippen LogP contribution in [0.1, 0.15) is 38.1 Å². The van der Waals surface area contributed by atoms with E-state index in [2.05, 4.69) is 28.0 Å². The molecule has 1 aliphatic rings. The Labute approximate surface area is 110 Å². The molecule has 1 aromatic heterocycles. The number of carbonyl (C=O) groups is 1. The van der Waals surface area contributed by atoms with E-state index < -0.39 is 5.54 Å². The summed E-state index contributed by atoms with van der Waals surface area (Å²) in [5.74, 6) is 0.135. The second-order valence-corrected chi connectivity index (χ2v) is 5.43. The number of Topliss-reactive ketones (excluding diaryl/α,β-unsaturated/α-hetero) is 1.